The summed E-state index contributed by atoms with van der Waals surface area (Å²) in [5.74, 6) is -2.02. The van der Waals surface area contributed by atoms with Crippen molar-refractivity contribution in [3.8, 4) is 11.9 Å². The number of amides is 4. The van der Waals surface area contributed by atoms with Gasteiger partial charge in [-0.25, -0.2) is 14.4 Å². The molecule has 2 fully saturated rings. The van der Waals surface area contributed by atoms with Crippen molar-refractivity contribution in [1.29, 1.82) is 5.26 Å². The molecule has 2 atom stereocenters. The first kappa shape index (κ1) is 39.1. The number of piperidine rings is 1. The number of Topliss-reactive ketones (excluding diaryl/α,β-unsaturated/α-hetero) is 1. The Morgan fingerprint density at radius 2 is 1.79 bits per heavy atom. The molecular weight excluding hydrogens is 739 g/mol. The summed E-state index contributed by atoms with van der Waals surface area (Å²) in [5.41, 5.74) is 2.77. The molecule has 18 heteroatoms. The first-order chi connectivity index (χ1) is 27.7. The van der Waals surface area contributed by atoms with E-state index in [4.69, 9.17) is 9.47 Å². The highest BCUT2D eigenvalue weighted by Crippen LogP contribution is 2.33. The van der Waals surface area contributed by atoms with Crippen LogP contribution >= 0.6 is 0 Å². The third-order valence-corrected chi connectivity index (χ3v) is 9.74. The van der Waals surface area contributed by atoms with Crippen LogP contribution in [0, 0.1) is 11.3 Å². The third-order valence-electron chi connectivity index (χ3n) is 9.74. The number of nitrogens with zero attached hydrogens (tertiary/aromatic N) is 6. The van der Waals surface area contributed by atoms with Gasteiger partial charge in [-0.15, -0.1) is 0 Å². The number of fused-ring (bicyclic) bond motifs is 2. The molecule has 0 radical (unpaired) electrons. The Bertz CT molecular complexity index is 2240. The summed E-state index contributed by atoms with van der Waals surface area (Å²) in [4.78, 5) is 73.0. The maximum Gasteiger partial charge on any atom is 0.264 e. The Balaban J connectivity index is 0.773. The summed E-state index contributed by atoms with van der Waals surface area (Å²) in [6.45, 7) is 2.17. The first-order valence-corrected chi connectivity index (χ1v) is 18.8. The highest BCUT2D eigenvalue weighted by molar-refractivity contribution is 6.25. The second-order valence-corrected chi connectivity index (χ2v) is 13.9. The quantitative estimate of drug-likeness (QED) is 0.0576. The molecule has 0 spiro atoms. The minimum atomic E-state index is -1.32. The zero-order chi connectivity index (χ0) is 39.9. The van der Waals surface area contributed by atoms with E-state index < -0.39 is 35.8 Å². The van der Waals surface area contributed by atoms with Gasteiger partial charge in [-0.2, -0.15) is 15.0 Å². The number of hydrogen-bond acceptors (Lipinski definition) is 14. The van der Waals surface area contributed by atoms with Gasteiger partial charge in [-0.1, -0.05) is 6.07 Å². The van der Waals surface area contributed by atoms with E-state index in [1.54, 1.807) is 35.1 Å². The van der Waals surface area contributed by atoms with Crippen LogP contribution in [0.4, 0.5) is 15.8 Å². The molecule has 296 valence electrons. The third kappa shape index (κ3) is 9.12. The van der Waals surface area contributed by atoms with Gasteiger partial charge in [-0.3, -0.25) is 34.2 Å². The van der Waals surface area contributed by atoms with Crippen LogP contribution in [0.2, 0.25) is 0 Å². The second-order valence-electron chi connectivity index (χ2n) is 13.9. The van der Waals surface area contributed by atoms with Crippen molar-refractivity contribution in [3.63, 3.8) is 0 Å². The largest absolute Gasteiger partial charge is 0.382 e. The van der Waals surface area contributed by atoms with E-state index in [1.165, 1.54) is 18.5 Å². The van der Waals surface area contributed by atoms with Crippen LogP contribution in [-0.4, -0.2) is 118 Å². The number of imide groups is 2. The van der Waals surface area contributed by atoms with Crippen LogP contribution in [0.25, 0.3) is 16.9 Å². The molecule has 1 aromatic carbocycles. The van der Waals surface area contributed by atoms with E-state index in [9.17, 15) is 33.6 Å². The van der Waals surface area contributed by atoms with Gasteiger partial charge in [0.05, 0.1) is 60.6 Å². The molecule has 57 heavy (non-hydrogen) atoms. The van der Waals surface area contributed by atoms with E-state index in [1.807, 2.05) is 0 Å². The molecule has 0 bridgehead atoms. The molecule has 1 saturated heterocycles. The van der Waals surface area contributed by atoms with Gasteiger partial charge in [0.2, 0.25) is 11.8 Å². The summed E-state index contributed by atoms with van der Waals surface area (Å²) >= 11 is 0. The number of carbonyl (C=O) groups is 5. The lowest BCUT2D eigenvalue weighted by Crippen LogP contribution is -2.54. The predicted octanol–water partition coefficient (Wildman–Crippen LogP) is 2.70. The lowest BCUT2D eigenvalue weighted by molar-refractivity contribution is -0.136. The zero-order valence-electron chi connectivity index (χ0n) is 31.0. The topological polar surface area (TPSA) is 223 Å². The number of hydrogen-bond donors (Lipinski definition) is 4. The molecule has 4 aromatic rings. The SMILES string of the molecule is N#Cc1cnc2c(cnn2-c2cc(NC3CC3)c(C(=O)CCC(F)COCCNCCOCCNc3cccc4c3C(=O)N(C3CCC(=O)NC3=O)C4=O)cn2)c1. The molecule has 4 N–H and O–H groups in total. The number of alkyl halides is 1. The number of benzene rings is 1. The number of carbonyl (C=O) groups excluding carboxylic acids is 5. The number of anilines is 2. The van der Waals surface area contributed by atoms with Crippen molar-refractivity contribution in [2.45, 2.75) is 56.8 Å². The van der Waals surface area contributed by atoms with E-state index >= 15 is 0 Å². The van der Waals surface area contributed by atoms with Gasteiger partial charge in [-0.05, 0) is 43.9 Å². The van der Waals surface area contributed by atoms with Gasteiger partial charge in [0.15, 0.2) is 17.2 Å². The number of aromatic nitrogens is 4. The molecule has 2 aliphatic heterocycles. The fraction of sp³-hybridized carbons (Fsp3) is 0.410. The van der Waals surface area contributed by atoms with Gasteiger partial charge in [0, 0.05) is 68.1 Å². The summed E-state index contributed by atoms with van der Waals surface area (Å²) in [5, 5.41) is 26.1. The summed E-state index contributed by atoms with van der Waals surface area (Å²) in [6, 6.07) is 9.58. The lowest BCUT2D eigenvalue weighted by atomic mass is 10.0. The maximum absolute atomic E-state index is 14.7. The van der Waals surface area contributed by atoms with Crippen molar-refractivity contribution < 1.29 is 37.8 Å². The van der Waals surface area contributed by atoms with Crippen LogP contribution in [-0.2, 0) is 19.1 Å². The summed E-state index contributed by atoms with van der Waals surface area (Å²) in [7, 11) is 0. The van der Waals surface area contributed by atoms with Gasteiger partial charge >= 0.3 is 0 Å². The Kier molecular flexibility index (Phi) is 12.2. The molecule has 2 unspecified atom stereocenters. The molecule has 4 amide bonds. The van der Waals surface area contributed by atoms with E-state index in [-0.39, 0.29) is 61.8 Å². The van der Waals surface area contributed by atoms with E-state index in [0.717, 1.165) is 17.7 Å². The molecular formula is C39H41FN10O7. The number of nitrogens with one attached hydrogen (secondary N) is 4. The lowest BCUT2D eigenvalue weighted by Gasteiger charge is -2.27. The van der Waals surface area contributed by atoms with Crippen LogP contribution in [0.5, 0.6) is 0 Å². The van der Waals surface area contributed by atoms with Gasteiger partial charge in [0.25, 0.3) is 11.8 Å². The van der Waals surface area contributed by atoms with E-state index in [2.05, 4.69) is 42.4 Å². The van der Waals surface area contributed by atoms with Crippen molar-refractivity contribution in [1.82, 2.24) is 35.3 Å². The number of nitriles is 1. The van der Waals surface area contributed by atoms with Crippen molar-refractivity contribution in [2.24, 2.45) is 0 Å². The molecule has 1 saturated carbocycles. The molecule has 3 aliphatic rings. The Labute approximate surface area is 326 Å². The number of ketones is 1. The van der Waals surface area contributed by atoms with Crippen LogP contribution in [0.1, 0.15) is 75.2 Å². The highest BCUT2D eigenvalue weighted by Gasteiger charge is 2.45. The summed E-state index contributed by atoms with van der Waals surface area (Å²) in [6.07, 6.45) is 5.32. The Morgan fingerprint density at radius 3 is 2.58 bits per heavy atom. The normalized spacial score (nSPS) is 17.1. The first-order valence-electron chi connectivity index (χ1n) is 18.8. The number of ether oxygens (including phenoxy) is 2. The monoisotopic (exact) mass is 780 g/mol. The summed E-state index contributed by atoms with van der Waals surface area (Å²) < 4.78 is 27.4. The van der Waals surface area contributed by atoms with Crippen LogP contribution < -0.4 is 21.3 Å². The van der Waals surface area contributed by atoms with Gasteiger partial charge in [0.1, 0.15) is 18.3 Å². The average molecular weight is 781 g/mol. The highest BCUT2D eigenvalue weighted by atomic mass is 19.1. The minimum absolute atomic E-state index is 0.00203. The zero-order valence-corrected chi connectivity index (χ0v) is 31.0. The van der Waals surface area contributed by atoms with Crippen LogP contribution in [0.15, 0.2) is 48.9 Å². The Hall–Kier alpha value is -6.16. The fourth-order valence-corrected chi connectivity index (χ4v) is 6.65. The fourth-order valence-electron chi connectivity index (χ4n) is 6.65. The van der Waals surface area contributed by atoms with Crippen molar-refractivity contribution >= 4 is 51.8 Å². The standard InChI is InChI=1S/C39H41FN10O7/c40-25(4-8-32(51)28-21-44-33(17-30(28)47-26-5-6-26)50-36-24(20-46-50)16-23(18-41)19-45-36)22-57-14-11-42-10-13-56-15-12-43-29-3-1-2-27-35(29)39(55)49(38(27)54)31-7-9-34(52)48-37(31)53/h1-3,16-17,19-21,25-26,31,42-43H,4-15,22H2,(H,44,47)(H,48,52,53). The van der Waals surface area contributed by atoms with Crippen LogP contribution in [0.3, 0.4) is 0 Å². The molecule has 5 heterocycles. The molecule has 7 rings (SSSR count). The molecule has 3 aromatic heterocycles. The smallest absolute Gasteiger partial charge is 0.264 e. The molecule has 17 nitrogen and oxygen atoms in total. The number of rotatable bonds is 20. The Morgan fingerprint density at radius 1 is 0.982 bits per heavy atom. The van der Waals surface area contributed by atoms with Crippen molar-refractivity contribution in [2.75, 3.05) is 56.7 Å². The molecule has 1 aliphatic carbocycles. The number of pyridine rings is 2. The second kappa shape index (κ2) is 17.7. The van der Waals surface area contributed by atoms with E-state index in [0.29, 0.717) is 72.2 Å². The van der Waals surface area contributed by atoms with Gasteiger partial charge < -0.3 is 25.4 Å². The maximum atomic E-state index is 14.7. The average Bonchev–Trinajstić information content (AvgIpc) is 3.87. The minimum Gasteiger partial charge on any atom is -0.382 e. The van der Waals surface area contributed by atoms with Crippen molar-refractivity contribution in [3.05, 3.63) is 71.2 Å². The number of halogens is 1. The predicted molar refractivity (Wildman–Crippen MR) is 203 cm³/mol.